The number of hydrogen-bond acceptors (Lipinski definition) is 2. The van der Waals surface area contributed by atoms with Gasteiger partial charge >= 0.3 is 5.97 Å². The Hall–Kier alpha value is -1.35. The maximum absolute atomic E-state index is 10.7. The van der Waals surface area contributed by atoms with Crippen molar-refractivity contribution in [2.24, 2.45) is 0 Å². The van der Waals surface area contributed by atoms with Crippen LogP contribution in [0.15, 0.2) is 18.2 Å². The Morgan fingerprint density at radius 2 is 2.12 bits per heavy atom. The molecule has 3 heteroatoms. The lowest BCUT2D eigenvalue weighted by molar-refractivity contribution is -0.137. The molecule has 2 N–H and O–H groups in total. The predicted molar refractivity (Wildman–Crippen MR) is 64.7 cm³/mol. The number of carboxylic acids is 1. The zero-order valence-electron chi connectivity index (χ0n) is 10.1. The average molecular weight is 221 g/mol. The highest BCUT2D eigenvalue weighted by Crippen LogP contribution is 2.13. The van der Waals surface area contributed by atoms with E-state index in [0.29, 0.717) is 0 Å². The molecule has 16 heavy (non-hydrogen) atoms. The minimum absolute atomic E-state index is 0.00185. The molecule has 0 amide bonds. The summed E-state index contributed by atoms with van der Waals surface area (Å²) in [4.78, 5) is 10.7. The normalized spacial score (nSPS) is 12.4. The van der Waals surface area contributed by atoms with Crippen LogP contribution in [0, 0.1) is 13.8 Å². The number of rotatable bonds is 5. The summed E-state index contributed by atoms with van der Waals surface area (Å²) in [7, 11) is 1.80. The van der Waals surface area contributed by atoms with E-state index in [1.807, 2.05) is 0 Å². The van der Waals surface area contributed by atoms with Crippen LogP contribution in [-0.2, 0) is 11.2 Å². The number of benzene rings is 1. The topological polar surface area (TPSA) is 49.3 Å². The molecule has 0 aromatic heterocycles. The second kappa shape index (κ2) is 5.66. The second-order valence-electron chi connectivity index (χ2n) is 4.22. The Morgan fingerprint density at radius 3 is 2.69 bits per heavy atom. The molecule has 0 aliphatic heterocycles. The highest BCUT2D eigenvalue weighted by Gasteiger charge is 2.12. The standard InChI is InChI=1S/C13H19NO2/c1-9-4-5-10(2)11(6-9)7-12(14-3)8-13(15)16/h4-6,12,14H,7-8H2,1-3H3,(H,15,16). The molecule has 0 bridgehead atoms. The van der Waals surface area contributed by atoms with Gasteiger partial charge in [-0.05, 0) is 38.4 Å². The number of aliphatic carboxylic acids is 1. The van der Waals surface area contributed by atoms with Crippen LogP contribution in [0.5, 0.6) is 0 Å². The van der Waals surface area contributed by atoms with E-state index in [-0.39, 0.29) is 12.5 Å². The Morgan fingerprint density at radius 1 is 1.44 bits per heavy atom. The number of nitrogens with one attached hydrogen (secondary N) is 1. The van der Waals surface area contributed by atoms with Crippen molar-refractivity contribution in [1.82, 2.24) is 5.32 Å². The van der Waals surface area contributed by atoms with Crippen LogP contribution in [0.4, 0.5) is 0 Å². The average Bonchev–Trinajstić information content (AvgIpc) is 2.21. The summed E-state index contributed by atoms with van der Waals surface area (Å²) in [5, 5.41) is 11.8. The van der Waals surface area contributed by atoms with Gasteiger partial charge in [0.05, 0.1) is 6.42 Å². The van der Waals surface area contributed by atoms with Crippen molar-refractivity contribution >= 4 is 5.97 Å². The lowest BCUT2D eigenvalue weighted by atomic mass is 9.97. The van der Waals surface area contributed by atoms with Gasteiger partial charge in [-0.2, -0.15) is 0 Å². The molecule has 1 unspecified atom stereocenters. The smallest absolute Gasteiger partial charge is 0.304 e. The molecule has 0 aliphatic rings. The Balaban J connectivity index is 2.77. The zero-order valence-corrected chi connectivity index (χ0v) is 10.1. The molecule has 1 atom stereocenters. The summed E-state index contributed by atoms with van der Waals surface area (Å²) in [6.45, 7) is 4.11. The van der Waals surface area contributed by atoms with Crippen LogP contribution in [0.25, 0.3) is 0 Å². The van der Waals surface area contributed by atoms with Gasteiger partial charge in [-0.1, -0.05) is 23.8 Å². The van der Waals surface area contributed by atoms with Gasteiger partial charge in [0.25, 0.3) is 0 Å². The molecule has 0 saturated carbocycles. The van der Waals surface area contributed by atoms with Gasteiger partial charge < -0.3 is 10.4 Å². The number of carboxylic acid groups (broad SMARTS) is 1. The highest BCUT2D eigenvalue weighted by atomic mass is 16.4. The van der Waals surface area contributed by atoms with Crippen LogP contribution in [0.2, 0.25) is 0 Å². The molecule has 0 heterocycles. The van der Waals surface area contributed by atoms with Crippen molar-refractivity contribution in [2.45, 2.75) is 32.7 Å². The van der Waals surface area contributed by atoms with Crippen molar-refractivity contribution in [3.63, 3.8) is 0 Å². The summed E-state index contributed by atoms with van der Waals surface area (Å²) in [6, 6.07) is 6.28. The second-order valence-corrected chi connectivity index (χ2v) is 4.22. The van der Waals surface area contributed by atoms with Crippen LogP contribution < -0.4 is 5.32 Å². The van der Waals surface area contributed by atoms with Gasteiger partial charge in [-0.3, -0.25) is 4.79 Å². The SMILES string of the molecule is CNC(CC(=O)O)Cc1cc(C)ccc1C. The molecule has 0 saturated heterocycles. The van der Waals surface area contributed by atoms with E-state index in [0.717, 1.165) is 6.42 Å². The first kappa shape index (κ1) is 12.7. The molecule has 1 rings (SSSR count). The third-order valence-electron chi connectivity index (χ3n) is 2.80. The molecule has 1 aromatic rings. The number of aryl methyl sites for hydroxylation is 2. The molecule has 3 nitrogen and oxygen atoms in total. The molecule has 88 valence electrons. The Labute approximate surface area is 96.5 Å². The van der Waals surface area contributed by atoms with E-state index >= 15 is 0 Å². The van der Waals surface area contributed by atoms with Gasteiger partial charge in [0, 0.05) is 6.04 Å². The van der Waals surface area contributed by atoms with Crippen LogP contribution >= 0.6 is 0 Å². The molecule has 0 spiro atoms. The van der Waals surface area contributed by atoms with Crippen molar-refractivity contribution in [3.8, 4) is 0 Å². The summed E-state index contributed by atoms with van der Waals surface area (Å²) >= 11 is 0. The van der Waals surface area contributed by atoms with E-state index in [2.05, 4.69) is 37.4 Å². The van der Waals surface area contributed by atoms with Crippen molar-refractivity contribution in [1.29, 1.82) is 0 Å². The van der Waals surface area contributed by atoms with Crippen LogP contribution in [0.1, 0.15) is 23.1 Å². The minimum atomic E-state index is -0.760. The quantitative estimate of drug-likeness (QED) is 0.798. The minimum Gasteiger partial charge on any atom is -0.481 e. The largest absolute Gasteiger partial charge is 0.481 e. The van der Waals surface area contributed by atoms with Gasteiger partial charge in [0.1, 0.15) is 0 Å². The molecule has 0 aliphatic carbocycles. The maximum Gasteiger partial charge on any atom is 0.304 e. The van der Waals surface area contributed by atoms with Crippen LogP contribution in [-0.4, -0.2) is 24.2 Å². The van der Waals surface area contributed by atoms with E-state index in [1.165, 1.54) is 16.7 Å². The number of likely N-dealkylation sites (N-methyl/N-ethyl adjacent to an activating group) is 1. The van der Waals surface area contributed by atoms with Gasteiger partial charge in [-0.15, -0.1) is 0 Å². The fourth-order valence-electron chi connectivity index (χ4n) is 1.77. The molecule has 0 fully saturated rings. The molecular weight excluding hydrogens is 202 g/mol. The predicted octanol–water partition coefficient (Wildman–Crippen LogP) is 1.91. The van der Waals surface area contributed by atoms with Crippen LogP contribution in [0.3, 0.4) is 0 Å². The van der Waals surface area contributed by atoms with Crippen molar-refractivity contribution in [2.75, 3.05) is 7.05 Å². The summed E-state index contributed by atoms with van der Waals surface area (Å²) in [5.41, 5.74) is 3.66. The Bertz CT molecular complexity index is 374. The Kier molecular flexibility index (Phi) is 4.50. The lowest BCUT2D eigenvalue weighted by Gasteiger charge is -2.15. The van der Waals surface area contributed by atoms with Gasteiger partial charge in [-0.25, -0.2) is 0 Å². The third-order valence-corrected chi connectivity index (χ3v) is 2.80. The van der Waals surface area contributed by atoms with E-state index in [4.69, 9.17) is 5.11 Å². The first-order chi connectivity index (χ1) is 7.52. The molecule has 0 radical (unpaired) electrons. The number of hydrogen-bond donors (Lipinski definition) is 2. The summed E-state index contributed by atoms with van der Waals surface area (Å²) in [6.07, 6.45) is 0.917. The van der Waals surface area contributed by atoms with E-state index in [1.54, 1.807) is 7.05 Å². The zero-order chi connectivity index (χ0) is 12.1. The van der Waals surface area contributed by atoms with Crippen molar-refractivity contribution in [3.05, 3.63) is 34.9 Å². The number of carbonyl (C=O) groups is 1. The lowest BCUT2D eigenvalue weighted by Crippen LogP contribution is -2.30. The first-order valence-electron chi connectivity index (χ1n) is 5.48. The van der Waals surface area contributed by atoms with E-state index in [9.17, 15) is 4.79 Å². The van der Waals surface area contributed by atoms with E-state index < -0.39 is 5.97 Å². The van der Waals surface area contributed by atoms with Crippen molar-refractivity contribution < 1.29 is 9.90 Å². The summed E-state index contributed by atoms with van der Waals surface area (Å²) < 4.78 is 0. The fraction of sp³-hybridized carbons (Fsp3) is 0.462. The fourth-order valence-corrected chi connectivity index (χ4v) is 1.77. The monoisotopic (exact) mass is 221 g/mol. The summed E-state index contributed by atoms with van der Waals surface area (Å²) in [5.74, 6) is -0.760. The molecule has 1 aromatic carbocycles. The third kappa shape index (κ3) is 3.66. The van der Waals surface area contributed by atoms with Gasteiger partial charge in [0.15, 0.2) is 0 Å². The van der Waals surface area contributed by atoms with Gasteiger partial charge in [0.2, 0.25) is 0 Å². The molecular formula is C13H19NO2. The maximum atomic E-state index is 10.7. The first-order valence-corrected chi connectivity index (χ1v) is 5.48. The highest BCUT2D eigenvalue weighted by molar-refractivity contribution is 5.67.